The fourth-order valence-corrected chi connectivity index (χ4v) is 3.48. The van der Waals surface area contributed by atoms with E-state index in [-0.39, 0.29) is 7.43 Å². The second-order valence-corrected chi connectivity index (χ2v) is 7.64. The van der Waals surface area contributed by atoms with Crippen LogP contribution in [0, 0.1) is 32.1 Å². The molecule has 1 nitrogen and oxygen atoms in total. The van der Waals surface area contributed by atoms with Crippen molar-refractivity contribution in [2.45, 2.75) is 104 Å². The predicted octanol–water partition coefficient (Wildman–Crippen LogP) is 7.55. The molecule has 2 aliphatic carbocycles. The maximum absolute atomic E-state index is 4.12. The average Bonchev–Trinajstić information content (AvgIpc) is 2.63. The summed E-state index contributed by atoms with van der Waals surface area (Å²) < 4.78 is 4.12. The monoisotopic (exact) mass is 489 g/mol. The quantitative estimate of drug-likeness (QED) is 0.362. The molecule has 0 aromatic heterocycles. The van der Waals surface area contributed by atoms with Gasteiger partial charge in [-0.3, -0.25) is 0 Å². The van der Waals surface area contributed by atoms with Crippen molar-refractivity contribution in [3.63, 3.8) is 0 Å². The van der Waals surface area contributed by atoms with Gasteiger partial charge in [-0.15, -0.1) is 0 Å². The number of nitrogens with zero attached hydrogens (tertiary/aromatic N) is 1. The Morgan fingerprint density at radius 1 is 0.870 bits per heavy atom. The van der Waals surface area contributed by atoms with Crippen molar-refractivity contribution in [1.82, 2.24) is 0 Å². The van der Waals surface area contributed by atoms with Crippen LogP contribution >= 0.6 is 0 Å². The van der Waals surface area contributed by atoms with Crippen LogP contribution in [0.5, 0.6) is 0 Å². The smallest absolute Gasteiger partial charge is 0.0465 e. The van der Waals surface area contributed by atoms with Crippen LogP contribution in [0.15, 0.2) is 3.34 Å². The zero-order valence-corrected chi connectivity index (χ0v) is 19.8. The Morgan fingerprint density at radius 2 is 1.22 bits per heavy atom. The number of rotatable bonds is 4. The van der Waals surface area contributed by atoms with Gasteiger partial charge in [-0.1, -0.05) is 52.4 Å². The fraction of sp³-hybridized carbons (Fsp3) is 0.857. The maximum atomic E-state index is 4.12. The summed E-state index contributed by atoms with van der Waals surface area (Å²) in [5.74, 6) is 2.11. The van der Waals surface area contributed by atoms with E-state index >= 15 is 0 Å². The third-order valence-electron chi connectivity index (χ3n) is 5.06. The summed E-state index contributed by atoms with van der Waals surface area (Å²) in [6, 6.07) is 0.610. The van der Waals surface area contributed by atoms with E-state index in [1.54, 1.807) is 0 Å². The molecule has 2 heteroatoms. The normalized spacial score (nSPS) is 20.0. The molecule has 1 atom stereocenters. The Labute approximate surface area is 160 Å². The molecule has 0 amide bonds. The van der Waals surface area contributed by atoms with E-state index in [1.165, 1.54) is 91.5 Å². The summed E-state index contributed by atoms with van der Waals surface area (Å²) in [4.78, 5) is 0. The number of hydrogen-bond donors (Lipinski definition) is 0. The summed E-state index contributed by atoms with van der Waals surface area (Å²) in [5.41, 5.74) is 0. The molecular weight excluding hydrogens is 447 g/mol. The van der Waals surface area contributed by atoms with Gasteiger partial charge >= 0.3 is 50.5 Å². The van der Waals surface area contributed by atoms with Gasteiger partial charge < -0.3 is 20.3 Å². The summed E-state index contributed by atoms with van der Waals surface area (Å²) in [5, 5.41) is 0. The van der Waals surface area contributed by atoms with Crippen LogP contribution in [0.2, 0.25) is 0 Å². The molecule has 0 N–H and O–H groups in total. The molecule has 0 aliphatic heterocycles. The van der Waals surface area contributed by atoms with Crippen LogP contribution in [0.3, 0.4) is 0 Å². The molecule has 139 valence electrons. The molecular formula is C21H42NTa-3. The molecule has 2 fully saturated rings. The zero-order valence-electron chi connectivity index (χ0n) is 16.6. The molecule has 0 bridgehead atoms. The topological polar surface area (TPSA) is 12.4 Å². The summed E-state index contributed by atoms with van der Waals surface area (Å²) in [6.07, 6.45) is 20.1. The van der Waals surface area contributed by atoms with Gasteiger partial charge in [-0.05, 0) is 11.8 Å². The minimum Gasteiger partial charge on any atom is -0.358 e. The van der Waals surface area contributed by atoms with Crippen molar-refractivity contribution in [2.75, 3.05) is 0 Å². The van der Waals surface area contributed by atoms with E-state index < -0.39 is 0 Å². The standard InChI is InChI=1S/2C8H15.C4H9N.CH3.Ta/c2*1-2-8-6-4-3-5-7-8;1-3-4(2)5;;/h2*3,8H,2,4-7H2,1H3;4H,3H2,1-2H3;1H3;/q2*-1;;-1;. The van der Waals surface area contributed by atoms with Gasteiger partial charge in [0.1, 0.15) is 0 Å². The molecule has 1 unspecified atom stereocenters. The average molecular weight is 490 g/mol. The summed E-state index contributed by atoms with van der Waals surface area (Å²) in [7, 11) is 0. The van der Waals surface area contributed by atoms with Crippen molar-refractivity contribution in [2.24, 2.45) is 15.2 Å². The first-order chi connectivity index (χ1) is 10.7. The molecule has 0 spiro atoms. The molecule has 0 saturated heterocycles. The Balaban J connectivity index is 0. The SMILES string of the molecule is CCC(C)[N]=[Ta].CCC1CC[CH-]CC1.CCC1CC[CH-]CC1.[CH3-]. The molecule has 23 heavy (non-hydrogen) atoms. The van der Waals surface area contributed by atoms with Crippen LogP contribution in [-0.4, -0.2) is 6.04 Å². The minimum absolute atomic E-state index is 0. The predicted molar refractivity (Wildman–Crippen MR) is 102 cm³/mol. The Kier molecular flexibility index (Phi) is 21.2. The maximum Gasteiger partial charge on any atom is -0.0465 e. The second-order valence-electron chi connectivity index (χ2n) is 6.81. The third kappa shape index (κ3) is 15.8. The Morgan fingerprint density at radius 3 is 1.35 bits per heavy atom. The second kappa shape index (κ2) is 18.9. The third-order valence-corrected chi connectivity index (χ3v) is 6.48. The molecule has 2 saturated carbocycles. The molecule has 0 radical (unpaired) electrons. The van der Waals surface area contributed by atoms with Crippen molar-refractivity contribution in [3.05, 3.63) is 20.3 Å². The first-order valence-electron chi connectivity index (χ1n) is 9.65. The van der Waals surface area contributed by atoms with Gasteiger partial charge in [0.2, 0.25) is 0 Å². The van der Waals surface area contributed by atoms with Gasteiger partial charge in [0, 0.05) is 0 Å². The van der Waals surface area contributed by atoms with E-state index in [0.717, 1.165) is 11.8 Å². The van der Waals surface area contributed by atoms with Crippen LogP contribution < -0.4 is 0 Å². The minimum atomic E-state index is 0. The van der Waals surface area contributed by atoms with Crippen molar-refractivity contribution < 1.29 is 20.9 Å². The van der Waals surface area contributed by atoms with E-state index in [2.05, 4.69) is 43.9 Å². The summed E-state index contributed by atoms with van der Waals surface area (Å²) >= 11 is 1.18. The number of hydrogen-bond acceptors (Lipinski definition) is 1. The molecule has 0 heterocycles. The van der Waals surface area contributed by atoms with Crippen LogP contribution in [0.25, 0.3) is 0 Å². The van der Waals surface area contributed by atoms with Crippen LogP contribution in [0.1, 0.15) is 98.3 Å². The van der Waals surface area contributed by atoms with Crippen molar-refractivity contribution in [1.29, 1.82) is 0 Å². The molecule has 2 aliphatic rings. The van der Waals surface area contributed by atoms with Crippen LogP contribution in [0.4, 0.5) is 0 Å². The molecule has 0 aromatic rings. The Hall–Kier alpha value is 0.540. The first-order valence-corrected chi connectivity index (χ1v) is 11.1. The largest absolute Gasteiger partial charge is 0.358 e. The van der Waals surface area contributed by atoms with Gasteiger partial charge in [0.15, 0.2) is 0 Å². The van der Waals surface area contributed by atoms with E-state index in [1.807, 2.05) is 0 Å². The van der Waals surface area contributed by atoms with Crippen LogP contribution in [-0.2, 0) is 20.9 Å². The van der Waals surface area contributed by atoms with Gasteiger partial charge in [-0.2, -0.15) is 25.7 Å². The fourth-order valence-electron chi connectivity index (χ4n) is 2.89. The van der Waals surface area contributed by atoms with E-state index in [9.17, 15) is 0 Å². The molecule has 2 rings (SSSR count). The Bertz CT molecular complexity index is 212. The first kappa shape index (κ1) is 25.8. The zero-order chi connectivity index (χ0) is 16.6. The van der Waals surface area contributed by atoms with Gasteiger partial charge in [0.25, 0.3) is 0 Å². The van der Waals surface area contributed by atoms with Gasteiger partial charge in [-0.25, -0.2) is 0 Å². The van der Waals surface area contributed by atoms with Crippen molar-refractivity contribution >= 4 is 0 Å². The van der Waals surface area contributed by atoms with E-state index in [4.69, 9.17) is 0 Å². The molecule has 0 aromatic carbocycles. The summed E-state index contributed by atoms with van der Waals surface area (Å²) in [6.45, 7) is 8.90. The van der Waals surface area contributed by atoms with E-state index in [0.29, 0.717) is 6.04 Å². The van der Waals surface area contributed by atoms with Gasteiger partial charge in [0.05, 0.1) is 0 Å². The van der Waals surface area contributed by atoms with Crippen molar-refractivity contribution in [3.8, 4) is 0 Å².